The van der Waals surface area contributed by atoms with E-state index in [1.807, 2.05) is 0 Å². The lowest BCUT2D eigenvalue weighted by Crippen LogP contribution is -2.26. The number of esters is 1. The first-order chi connectivity index (χ1) is 13.2. The molecule has 0 radical (unpaired) electrons. The van der Waals surface area contributed by atoms with Crippen LogP contribution in [0.4, 0.5) is 0 Å². The number of Topliss-reactive ketones (excluding diaryl/α,β-unsaturated/α-hetero) is 1. The molecule has 0 bridgehead atoms. The van der Waals surface area contributed by atoms with Crippen LogP contribution in [0.15, 0.2) is 41.3 Å². The zero-order valence-corrected chi connectivity index (χ0v) is 17.3. The molecule has 1 aliphatic rings. The van der Waals surface area contributed by atoms with Crippen molar-refractivity contribution in [2.45, 2.75) is 23.8 Å². The van der Waals surface area contributed by atoms with Crippen molar-refractivity contribution >= 4 is 56.6 Å². The van der Waals surface area contributed by atoms with E-state index in [1.54, 1.807) is 0 Å². The van der Waals surface area contributed by atoms with Crippen molar-refractivity contribution in [2.75, 3.05) is 6.61 Å². The molecule has 2 aromatic rings. The Morgan fingerprint density at radius 1 is 1.04 bits per heavy atom. The molecule has 0 heterocycles. The van der Waals surface area contributed by atoms with E-state index in [9.17, 15) is 18.0 Å². The summed E-state index contributed by atoms with van der Waals surface area (Å²) >= 11 is 17.8. The van der Waals surface area contributed by atoms with Gasteiger partial charge >= 0.3 is 5.97 Å². The lowest BCUT2D eigenvalue weighted by atomic mass is 10.1. The average Bonchev–Trinajstić information content (AvgIpc) is 3.43. The Morgan fingerprint density at radius 2 is 1.68 bits per heavy atom. The Hall–Kier alpha value is -1.64. The van der Waals surface area contributed by atoms with Crippen molar-refractivity contribution in [3.63, 3.8) is 0 Å². The van der Waals surface area contributed by atoms with Gasteiger partial charge in [0, 0.05) is 16.6 Å². The Morgan fingerprint density at radius 3 is 2.29 bits per heavy atom. The van der Waals surface area contributed by atoms with Crippen LogP contribution < -0.4 is 4.72 Å². The third-order valence-electron chi connectivity index (χ3n) is 3.93. The minimum absolute atomic E-state index is 0.0840. The van der Waals surface area contributed by atoms with Crippen molar-refractivity contribution in [2.24, 2.45) is 0 Å². The second-order valence-corrected chi connectivity index (χ2v) is 9.10. The van der Waals surface area contributed by atoms with E-state index in [-0.39, 0.29) is 26.5 Å². The van der Waals surface area contributed by atoms with Gasteiger partial charge in [-0.05, 0) is 49.2 Å². The van der Waals surface area contributed by atoms with Gasteiger partial charge in [0.15, 0.2) is 12.4 Å². The molecule has 1 N–H and O–H groups in total. The lowest BCUT2D eigenvalue weighted by molar-refractivity contribution is 0.0474. The molecule has 1 aliphatic carbocycles. The van der Waals surface area contributed by atoms with Gasteiger partial charge in [-0.15, -0.1) is 0 Å². The summed E-state index contributed by atoms with van der Waals surface area (Å²) in [5.41, 5.74) is 0.113. The Balaban J connectivity index is 1.76. The Bertz CT molecular complexity index is 1030. The van der Waals surface area contributed by atoms with Crippen LogP contribution in [0.3, 0.4) is 0 Å². The van der Waals surface area contributed by atoms with Gasteiger partial charge in [0.25, 0.3) is 0 Å². The number of ether oxygens (including phenoxy) is 1. The topological polar surface area (TPSA) is 89.5 Å². The number of sulfonamides is 1. The summed E-state index contributed by atoms with van der Waals surface area (Å²) in [6.07, 6.45) is 1.48. The molecule has 10 heteroatoms. The summed E-state index contributed by atoms with van der Waals surface area (Å²) in [4.78, 5) is 24.2. The molecular weight excluding hydrogens is 449 g/mol. The van der Waals surface area contributed by atoms with Crippen LogP contribution in [-0.4, -0.2) is 32.8 Å². The van der Waals surface area contributed by atoms with Gasteiger partial charge in [-0.1, -0.05) is 34.8 Å². The van der Waals surface area contributed by atoms with Crippen LogP contribution in [0.25, 0.3) is 0 Å². The predicted molar refractivity (Wildman–Crippen MR) is 106 cm³/mol. The zero-order chi connectivity index (χ0) is 20.5. The van der Waals surface area contributed by atoms with E-state index < -0.39 is 28.4 Å². The second kappa shape index (κ2) is 8.39. The number of benzene rings is 2. The van der Waals surface area contributed by atoms with E-state index in [4.69, 9.17) is 39.5 Å². The summed E-state index contributed by atoms with van der Waals surface area (Å²) in [6, 6.07) is 8.15. The summed E-state index contributed by atoms with van der Waals surface area (Å²) < 4.78 is 32.3. The number of rotatable bonds is 7. The first-order valence-corrected chi connectivity index (χ1v) is 10.8. The number of nitrogens with one attached hydrogen (secondary N) is 1. The summed E-state index contributed by atoms with van der Waals surface area (Å²) in [7, 11) is -3.91. The molecule has 0 amide bonds. The molecule has 0 atom stereocenters. The van der Waals surface area contributed by atoms with E-state index in [0.29, 0.717) is 10.6 Å². The molecule has 0 saturated heterocycles. The maximum Gasteiger partial charge on any atom is 0.340 e. The highest BCUT2D eigenvalue weighted by Crippen LogP contribution is 2.31. The molecule has 1 saturated carbocycles. The number of hydrogen-bond donors (Lipinski definition) is 1. The lowest BCUT2D eigenvalue weighted by Gasteiger charge is -2.11. The normalized spacial score (nSPS) is 14.0. The van der Waals surface area contributed by atoms with Crippen LogP contribution in [0.2, 0.25) is 15.1 Å². The van der Waals surface area contributed by atoms with Crippen LogP contribution in [-0.2, 0) is 14.8 Å². The summed E-state index contributed by atoms with van der Waals surface area (Å²) in [6.45, 7) is -0.540. The molecule has 1 fully saturated rings. The summed E-state index contributed by atoms with van der Waals surface area (Å²) in [5, 5.41) is 0.265. The molecule has 0 aliphatic heterocycles. The van der Waals surface area contributed by atoms with Gasteiger partial charge in [0.1, 0.15) is 4.90 Å². The largest absolute Gasteiger partial charge is 0.454 e. The Kier molecular flexibility index (Phi) is 6.31. The van der Waals surface area contributed by atoms with Crippen LogP contribution >= 0.6 is 34.8 Å². The first kappa shape index (κ1) is 21.1. The molecule has 148 valence electrons. The van der Waals surface area contributed by atoms with Gasteiger partial charge in [-0.2, -0.15) is 0 Å². The zero-order valence-electron chi connectivity index (χ0n) is 14.2. The SMILES string of the molecule is O=C(COC(=O)c1cc(S(=O)(=O)NC2CC2)c(Cl)cc1Cl)c1ccc(Cl)cc1. The van der Waals surface area contributed by atoms with Crippen LogP contribution in [0.1, 0.15) is 33.6 Å². The minimum atomic E-state index is -3.91. The molecule has 0 aromatic heterocycles. The van der Waals surface area contributed by atoms with E-state index in [1.165, 1.54) is 24.3 Å². The van der Waals surface area contributed by atoms with Crippen molar-refractivity contribution < 1.29 is 22.7 Å². The standard InChI is InChI=1S/C18H14Cl3NO5S/c19-11-3-1-10(2-4-11)16(23)9-27-18(24)13-7-17(15(21)8-14(13)20)28(25,26)22-12-5-6-12/h1-4,7-8,12,22H,5-6,9H2. The van der Waals surface area contributed by atoms with Crippen molar-refractivity contribution in [3.8, 4) is 0 Å². The Labute approximate surface area is 176 Å². The molecular formula is C18H14Cl3NO5S. The fourth-order valence-electron chi connectivity index (χ4n) is 2.30. The second-order valence-electron chi connectivity index (χ2n) is 6.16. The molecule has 6 nitrogen and oxygen atoms in total. The maximum atomic E-state index is 12.4. The van der Waals surface area contributed by atoms with Gasteiger partial charge in [0.2, 0.25) is 10.0 Å². The average molecular weight is 463 g/mol. The van der Waals surface area contributed by atoms with Crippen LogP contribution in [0.5, 0.6) is 0 Å². The van der Waals surface area contributed by atoms with Gasteiger partial charge < -0.3 is 4.74 Å². The third-order valence-corrected chi connectivity index (χ3v) is 6.48. The number of carbonyl (C=O) groups excluding carboxylic acids is 2. The number of ketones is 1. The number of hydrogen-bond acceptors (Lipinski definition) is 5. The minimum Gasteiger partial charge on any atom is -0.454 e. The molecule has 0 unspecified atom stereocenters. The van der Waals surface area contributed by atoms with Crippen molar-refractivity contribution in [1.82, 2.24) is 4.72 Å². The van der Waals surface area contributed by atoms with Gasteiger partial charge in [0.05, 0.1) is 15.6 Å². The maximum absolute atomic E-state index is 12.4. The smallest absolute Gasteiger partial charge is 0.340 e. The molecule has 0 spiro atoms. The first-order valence-electron chi connectivity index (χ1n) is 8.14. The van der Waals surface area contributed by atoms with Gasteiger partial charge in [-0.3, -0.25) is 4.79 Å². The van der Waals surface area contributed by atoms with E-state index >= 15 is 0 Å². The molecule has 3 rings (SSSR count). The monoisotopic (exact) mass is 461 g/mol. The van der Waals surface area contributed by atoms with E-state index in [2.05, 4.69) is 4.72 Å². The fraction of sp³-hybridized carbons (Fsp3) is 0.222. The number of carbonyl (C=O) groups is 2. The van der Waals surface area contributed by atoms with Crippen molar-refractivity contribution in [3.05, 3.63) is 62.6 Å². The number of halogens is 3. The molecule has 2 aromatic carbocycles. The summed E-state index contributed by atoms with van der Waals surface area (Å²) in [5.74, 6) is -1.38. The highest BCUT2D eigenvalue weighted by atomic mass is 35.5. The highest BCUT2D eigenvalue weighted by molar-refractivity contribution is 7.89. The van der Waals surface area contributed by atoms with Crippen molar-refractivity contribution in [1.29, 1.82) is 0 Å². The van der Waals surface area contributed by atoms with E-state index in [0.717, 1.165) is 25.0 Å². The quantitative estimate of drug-likeness (QED) is 0.494. The van der Waals surface area contributed by atoms with Crippen LogP contribution in [0, 0.1) is 0 Å². The third kappa shape index (κ3) is 5.04. The highest BCUT2D eigenvalue weighted by Gasteiger charge is 2.30. The van der Waals surface area contributed by atoms with Gasteiger partial charge in [-0.25, -0.2) is 17.9 Å². The molecule has 28 heavy (non-hydrogen) atoms. The fourth-order valence-corrected chi connectivity index (χ4v) is 4.58. The predicted octanol–water partition coefficient (Wildman–Crippen LogP) is 4.13.